The van der Waals surface area contributed by atoms with E-state index in [1.54, 1.807) is 17.8 Å². The number of nitrogens with one attached hydrogen (secondary N) is 1. The Bertz CT molecular complexity index is 724. The van der Waals surface area contributed by atoms with Gasteiger partial charge in [0.05, 0.1) is 0 Å². The third-order valence-electron chi connectivity index (χ3n) is 3.65. The summed E-state index contributed by atoms with van der Waals surface area (Å²) in [6.07, 6.45) is 2.77. The number of amides is 1. The normalized spacial score (nSPS) is 13.5. The zero-order chi connectivity index (χ0) is 14.8. The lowest BCUT2D eigenvalue weighted by atomic mass is 9.94. The van der Waals surface area contributed by atoms with Gasteiger partial charge in [0, 0.05) is 28.1 Å². The minimum absolute atomic E-state index is 0.0406. The molecule has 1 aliphatic heterocycles. The second kappa shape index (κ2) is 5.74. The average Bonchev–Trinajstić information content (AvgIpc) is 2.54. The van der Waals surface area contributed by atoms with Gasteiger partial charge in [-0.25, -0.2) is 0 Å². The van der Waals surface area contributed by atoms with E-state index in [1.807, 2.05) is 42.7 Å². The Morgan fingerprint density at radius 3 is 2.81 bits per heavy atom. The van der Waals surface area contributed by atoms with E-state index in [9.17, 15) is 9.59 Å². The third kappa shape index (κ3) is 2.59. The van der Waals surface area contributed by atoms with E-state index in [4.69, 9.17) is 0 Å². The molecule has 4 heteroatoms. The molecule has 0 atom stereocenters. The number of hydrogen-bond donors (Lipinski definition) is 1. The number of thioether (sulfide) groups is 1. The fourth-order valence-corrected chi connectivity index (χ4v) is 3.14. The fraction of sp³-hybridized carbons (Fsp3) is 0.176. The van der Waals surface area contributed by atoms with E-state index >= 15 is 0 Å². The van der Waals surface area contributed by atoms with Crippen molar-refractivity contribution in [2.45, 2.75) is 11.3 Å². The quantitative estimate of drug-likeness (QED) is 0.700. The van der Waals surface area contributed by atoms with Crippen LogP contribution in [-0.4, -0.2) is 24.5 Å². The summed E-state index contributed by atoms with van der Waals surface area (Å²) in [6, 6.07) is 13.0. The molecule has 0 radical (unpaired) electrons. The van der Waals surface area contributed by atoms with Crippen molar-refractivity contribution >= 4 is 23.5 Å². The first-order chi connectivity index (χ1) is 10.2. The molecule has 1 heterocycles. The monoisotopic (exact) mass is 297 g/mol. The summed E-state index contributed by atoms with van der Waals surface area (Å²) in [4.78, 5) is 25.5. The highest BCUT2D eigenvalue weighted by Gasteiger charge is 2.20. The van der Waals surface area contributed by atoms with Crippen LogP contribution >= 0.6 is 11.8 Å². The molecule has 3 nitrogen and oxygen atoms in total. The molecule has 1 aliphatic rings. The number of carbonyl (C=O) groups excluding carboxylic acids is 2. The van der Waals surface area contributed by atoms with Crippen LogP contribution in [0.5, 0.6) is 0 Å². The molecule has 0 aliphatic carbocycles. The number of rotatable bonds is 3. The van der Waals surface area contributed by atoms with Crippen molar-refractivity contribution < 1.29 is 9.59 Å². The summed E-state index contributed by atoms with van der Waals surface area (Å²) < 4.78 is 0. The summed E-state index contributed by atoms with van der Waals surface area (Å²) in [5.41, 5.74) is 2.87. The molecule has 0 bridgehead atoms. The number of carbonyl (C=O) groups is 2. The maximum atomic E-state index is 12.7. The lowest BCUT2D eigenvalue weighted by Crippen LogP contribution is -2.32. The molecule has 1 amide bonds. The zero-order valence-electron chi connectivity index (χ0n) is 11.7. The van der Waals surface area contributed by atoms with Crippen molar-refractivity contribution in [3.05, 3.63) is 64.7 Å². The average molecular weight is 297 g/mol. The lowest BCUT2D eigenvalue weighted by molar-refractivity contribution is 0.0946. The molecular formula is C17H15NO2S. The number of ketones is 1. The van der Waals surface area contributed by atoms with Gasteiger partial charge in [0.1, 0.15) is 0 Å². The maximum absolute atomic E-state index is 12.7. The molecule has 21 heavy (non-hydrogen) atoms. The topological polar surface area (TPSA) is 46.2 Å². The zero-order valence-corrected chi connectivity index (χ0v) is 12.5. The first-order valence-electron chi connectivity index (χ1n) is 6.79. The number of benzene rings is 2. The van der Waals surface area contributed by atoms with E-state index in [0.717, 1.165) is 16.9 Å². The summed E-state index contributed by atoms with van der Waals surface area (Å²) in [5.74, 6) is -0.134. The molecule has 0 spiro atoms. The maximum Gasteiger partial charge on any atom is 0.251 e. The first-order valence-corrected chi connectivity index (χ1v) is 8.02. The Hall–Kier alpha value is -2.07. The molecule has 106 valence electrons. The Morgan fingerprint density at radius 2 is 2.00 bits per heavy atom. The van der Waals surface area contributed by atoms with Crippen molar-refractivity contribution in [1.82, 2.24) is 5.32 Å². The second-order valence-corrected chi connectivity index (χ2v) is 5.76. The molecule has 0 unspecified atom stereocenters. The molecular weight excluding hydrogens is 282 g/mol. The van der Waals surface area contributed by atoms with Crippen LogP contribution in [0, 0.1) is 0 Å². The molecule has 0 fully saturated rings. The van der Waals surface area contributed by atoms with Crippen LogP contribution in [0.15, 0.2) is 47.4 Å². The Balaban J connectivity index is 2.03. The van der Waals surface area contributed by atoms with Gasteiger partial charge >= 0.3 is 0 Å². The van der Waals surface area contributed by atoms with Crippen molar-refractivity contribution in [2.75, 3.05) is 12.8 Å². The van der Waals surface area contributed by atoms with E-state index in [0.29, 0.717) is 23.2 Å². The number of hydrogen-bond acceptors (Lipinski definition) is 3. The Morgan fingerprint density at radius 1 is 1.19 bits per heavy atom. The number of fused-ring (bicyclic) bond motifs is 1. The highest BCUT2D eigenvalue weighted by molar-refractivity contribution is 7.98. The molecule has 0 aromatic heterocycles. The highest BCUT2D eigenvalue weighted by atomic mass is 32.2. The summed E-state index contributed by atoms with van der Waals surface area (Å²) in [6.45, 7) is 0.661. The predicted molar refractivity (Wildman–Crippen MR) is 84.1 cm³/mol. The molecule has 0 saturated heterocycles. The van der Waals surface area contributed by atoms with Crippen molar-refractivity contribution in [2.24, 2.45) is 0 Å². The van der Waals surface area contributed by atoms with Crippen LogP contribution in [0.3, 0.4) is 0 Å². The van der Waals surface area contributed by atoms with E-state index in [1.165, 1.54) is 0 Å². The Kier molecular flexibility index (Phi) is 3.80. The Labute approximate surface area is 127 Å². The fourth-order valence-electron chi connectivity index (χ4n) is 2.54. The molecule has 1 N–H and O–H groups in total. The third-order valence-corrected chi connectivity index (χ3v) is 4.44. The minimum atomic E-state index is -0.0935. The van der Waals surface area contributed by atoms with Crippen LogP contribution in [0.4, 0.5) is 0 Å². The van der Waals surface area contributed by atoms with Gasteiger partial charge in [-0.2, -0.15) is 0 Å². The molecule has 3 rings (SSSR count). The van der Waals surface area contributed by atoms with Crippen LogP contribution in [0.2, 0.25) is 0 Å². The van der Waals surface area contributed by atoms with Crippen LogP contribution in [0.1, 0.15) is 31.8 Å². The predicted octanol–water partition coefficient (Wildman–Crippen LogP) is 2.93. The standard InChI is InChI=1S/C17H15NO2S/c1-21-15-5-3-2-4-13(15)16(19)12-7-6-11-8-9-18-17(20)14(11)10-12/h2-7,10H,8-9H2,1H3,(H,18,20). The van der Waals surface area contributed by atoms with Crippen molar-refractivity contribution in [3.63, 3.8) is 0 Å². The second-order valence-electron chi connectivity index (χ2n) is 4.91. The van der Waals surface area contributed by atoms with Gasteiger partial charge in [-0.3, -0.25) is 9.59 Å². The van der Waals surface area contributed by atoms with Gasteiger partial charge in [0.25, 0.3) is 5.91 Å². The van der Waals surface area contributed by atoms with Gasteiger partial charge < -0.3 is 5.32 Å². The minimum Gasteiger partial charge on any atom is -0.352 e. The molecule has 0 saturated carbocycles. The molecule has 2 aromatic carbocycles. The van der Waals surface area contributed by atoms with Gasteiger partial charge in [-0.05, 0) is 36.4 Å². The van der Waals surface area contributed by atoms with E-state index in [2.05, 4.69) is 5.32 Å². The largest absolute Gasteiger partial charge is 0.352 e. The van der Waals surface area contributed by atoms with Gasteiger partial charge in [-0.1, -0.05) is 24.3 Å². The van der Waals surface area contributed by atoms with Gasteiger partial charge in [0.15, 0.2) is 5.78 Å². The van der Waals surface area contributed by atoms with Crippen LogP contribution < -0.4 is 5.32 Å². The summed E-state index contributed by atoms with van der Waals surface area (Å²) >= 11 is 1.55. The highest BCUT2D eigenvalue weighted by Crippen LogP contribution is 2.24. The van der Waals surface area contributed by atoms with Crippen molar-refractivity contribution in [3.8, 4) is 0 Å². The first kappa shape index (κ1) is 13.9. The smallest absolute Gasteiger partial charge is 0.251 e. The van der Waals surface area contributed by atoms with Crippen LogP contribution in [0.25, 0.3) is 0 Å². The lowest BCUT2D eigenvalue weighted by Gasteiger charge is -2.17. The summed E-state index contributed by atoms with van der Waals surface area (Å²) in [7, 11) is 0. The molecule has 2 aromatic rings. The van der Waals surface area contributed by atoms with Crippen molar-refractivity contribution in [1.29, 1.82) is 0 Å². The van der Waals surface area contributed by atoms with Crippen LogP contribution in [-0.2, 0) is 6.42 Å². The van der Waals surface area contributed by atoms with Gasteiger partial charge in [0.2, 0.25) is 0 Å². The summed E-state index contributed by atoms with van der Waals surface area (Å²) in [5, 5.41) is 2.81. The van der Waals surface area contributed by atoms with E-state index < -0.39 is 0 Å². The van der Waals surface area contributed by atoms with Gasteiger partial charge in [-0.15, -0.1) is 11.8 Å². The van der Waals surface area contributed by atoms with E-state index in [-0.39, 0.29) is 11.7 Å². The SMILES string of the molecule is CSc1ccccc1C(=O)c1ccc2c(c1)C(=O)NCC2.